The molecule has 12 heteroatoms. The summed E-state index contributed by atoms with van der Waals surface area (Å²) in [6.45, 7) is -0.758. The van der Waals surface area contributed by atoms with Gasteiger partial charge < -0.3 is 14.3 Å². The van der Waals surface area contributed by atoms with Crippen LogP contribution in [0.1, 0.15) is 12.8 Å². The average molecular weight is 478 g/mol. The Hall–Kier alpha value is -3.06. The Labute approximate surface area is 189 Å². The van der Waals surface area contributed by atoms with Crippen LogP contribution in [-0.4, -0.2) is 74.2 Å². The Balaban J connectivity index is 1.71. The number of nitrogens with zero attached hydrogens (tertiary/aromatic N) is 2. The highest BCUT2D eigenvalue weighted by atomic mass is 32.2. The number of carbonyl (C=O) groups excluding carboxylic acids is 4. The number of rotatable bonds is 10. The summed E-state index contributed by atoms with van der Waals surface area (Å²) in [6, 6.07) is 0. The van der Waals surface area contributed by atoms with Crippen LogP contribution in [0.25, 0.3) is 0 Å². The van der Waals surface area contributed by atoms with Crippen LogP contribution in [-0.2, 0) is 38.9 Å². The van der Waals surface area contributed by atoms with E-state index >= 15 is 0 Å². The molecular formula is C21H22N2O9S. The molecular weight excluding hydrogens is 456 g/mol. The van der Waals surface area contributed by atoms with Crippen LogP contribution in [0.4, 0.5) is 0 Å². The van der Waals surface area contributed by atoms with Gasteiger partial charge in [0.1, 0.15) is 18.0 Å². The van der Waals surface area contributed by atoms with Crippen molar-refractivity contribution in [1.82, 2.24) is 5.06 Å². The lowest BCUT2D eigenvalue weighted by Gasteiger charge is -2.22. The van der Waals surface area contributed by atoms with Crippen LogP contribution in [0, 0.1) is 10.8 Å². The van der Waals surface area contributed by atoms with Crippen LogP contribution < -0.4 is 0 Å². The summed E-state index contributed by atoms with van der Waals surface area (Å²) in [7, 11) is -4.18. The largest absolute Gasteiger partial charge is 0.379 e. The van der Waals surface area contributed by atoms with Crippen molar-refractivity contribution >= 4 is 40.7 Å². The number of hydroxylamine groups is 2. The number of aldehydes is 2. The molecule has 176 valence electrons. The topological polar surface area (TPSA) is 157 Å². The lowest BCUT2D eigenvalue weighted by atomic mass is 9.89. The first-order chi connectivity index (χ1) is 15.6. The Morgan fingerprint density at radius 3 is 2.21 bits per heavy atom. The van der Waals surface area contributed by atoms with Crippen LogP contribution >= 0.6 is 0 Å². The molecule has 1 aliphatic carbocycles. The second-order valence-electron chi connectivity index (χ2n) is 7.75. The van der Waals surface area contributed by atoms with Gasteiger partial charge in [-0.25, -0.2) is 0 Å². The van der Waals surface area contributed by atoms with Crippen molar-refractivity contribution in [3.05, 3.63) is 47.7 Å². The quantitative estimate of drug-likeness (QED) is 0.203. The Bertz CT molecular complexity index is 1050. The highest BCUT2D eigenvalue weighted by Crippen LogP contribution is 2.30. The average Bonchev–Trinajstić information content (AvgIpc) is 2.94. The molecule has 2 aliphatic heterocycles. The lowest BCUT2D eigenvalue weighted by molar-refractivity contribution is -0.192. The summed E-state index contributed by atoms with van der Waals surface area (Å²) in [5.41, 5.74) is -1.50. The van der Waals surface area contributed by atoms with Crippen molar-refractivity contribution in [2.45, 2.75) is 12.8 Å². The van der Waals surface area contributed by atoms with Gasteiger partial charge in [0.05, 0.1) is 36.7 Å². The third-order valence-corrected chi connectivity index (χ3v) is 5.85. The van der Waals surface area contributed by atoms with Crippen LogP contribution in [0.2, 0.25) is 0 Å². The van der Waals surface area contributed by atoms with Crippen molar-refractivity contribution < 1.29 is 41.7 Å². The van der Waals surface area contributed by atoms with Gasteiger partial charge in [-0.3, -0.25) is 24.0 Å². The van der Waals surface area contributed by atoms with Crippen molar-refractivity contribution in [3.63, 3.8) is 0 Å². The Morgan fingerprint density at radius 2 is 1.61 bits per heavy atom. The van der Waals surface area contributed by atoms with Gasteiger partial charge in [-0.1, -0.05) is 30.4 Å². The molecule has 2 unspecified atom stereocenters. The van der Waals surface area contributed by atoms with Gasteiger partial charge >= 0.3 is 0 Å². The fraction of sp³-hybridized carbons (Fsp3) is 0.381. The Morgan fingerprint density at radius 1 is 1.00 bits per heavy atom. The van der Waals surface area contributed by atoms with Gasteiger partial charge in [-0.2, -0.15) is 13.5 Å². The molecule has 3 aliphatic rings. The highest BCUT2D eigenvalue weighted by Gasteiger charge is 2.34. The molecule has 0 spiro atoms. The van der Waals surface area contributed by atoms with Crippen molar-refractivity contribution in [3.8, 4) is 0 Å². The van der Waals surface area contributed by atoms with Gasteiger partial charge in [0.25, 0.3) is 21.9 Å². The number of hydrogen-bond donors (Lipinski definition) is 1. The smallest absolute Gasteiger partial charge is 0.267 e. The minimum absolute atomic E-state index is 0.0615. The van der Waals surface area contributed by atoms with E-state index < -0.39 is 38.5 Å². The molecule has 0 saturated carbocycles. The molecule has 2 atom stereocenters. The third-order valence-electron chi connectivity index (χ3n) is 5.16. The Kier molecular flexibility index (Phi) is 7.32. The summed E-state index contributed by atoms with van der Waals surface area (Å²) in [4.78, 5) is 56.7. The number of ether oxygens (including phenoxy) is 1. The predicted octanol–water partition coefficient (Wildman–Crippen LogP) is 0.363. The van der Waals surface area contributed by atoms with Gasteiger partial charge in [0.2, 0.25) is 0 Å². The van der Waals surface area contributed by atoms with E-state index in [4.69, 9.17) is 14.1 Å². The molecule has 33 heavy (non-hydrogen) atoms. The van der Waals surface area contributed by atoms with Gasteiger partial charge in [-0.15, -0.1) is 0 Å². The van der Waals surface area contributed by atoms with E-state index in [1.807, 2.05) is 0 Å². The zero-order valence-electron chi connectivity index (χ0n) is 17.5. The first-order valence-corrected chi connectivity index (χ1v) is 11.5. The van der Waals surface area contributed by atoms with Crippen LogP contribution in [0.3, 0.4) is 0 Å². The molecule has 1 N–H and O–H groups in total. The first kappa shape index (κ1) is 24.6. The molecule has 0 aromatic heterocycles. The number of hydrogen-bond acceptors (Lipinski definition) is 9. The summed E-state index contributed by atoms with van der Waals surface area (Å²) >= 11 is 0. The molecule has 0 radical (unpaired) electrons. The maximum atomic E-state index is 11.9. The predicted molar refractivity (Wildman–Crippen MR) is 114 cm³/mol. The van der Waals surface area contributed by atoms with E-state index in [0.29, 0.717) is 28.9 Å². The second kappa shape index (κ2) is 9.83. The van der Waals surface area contributed by atoms with Crippen molar-refractivity contribution in [2.75, 3.05) is 25.6 Å². The zero-order chi connectivity index (χ0) is 24.1. The first-order valence-electron chi connectivity index (χ1n) is 9.92. The van der Waals surface area contributed by atoms with Crippen molar-refractivity contribution in [2.24, 2.45) is 15.8 Å². The molecule has 0 bridgehead atoms. The van der Waals surface area contributed by atoms with Crippen molar-refractivity contribution in [1.29, 1.82) is 0 Å². The molecule has 2 amide bonds. The number of carbonyl (C=O) groups is 4. The van der Waals surface area contributed by atoms with E-state index in [0.717, 1.165) is 0 Å². The summed E-state index contributed by atoms with van der Waals surface area (Å²) < 4.78 is 35.6. The van der Waals surface area contributed by atoms with E-state index in [-0.39, 0.29) is 32.7 Å². The molecule has 3 rings (SSSR count). The molecule has 1 fully saturated rings. The molecule has 11 nitrogen and oxygen atoms in total. The van der Waals surface area contributed by atoms with Gasteiger partial charge in [0, 0.05) is 19.1 Å². The van der Waals surface area contributed by atoms with E-state index in [1.54, 1.807) is 24.3 Å². The van der Waals surface area contributed by atoms with E-state index in [1.165, 1.54) is 18.4 Å². The number of aliphatic imine (C=N–C) groups is 1. The molecule has 0 aromatic rings. The minimum atomic E-state index is -4.18. The fourth-order valence-corrected chi connectivity index (χ4v) is 3.47. The molecule has 2 heterocycles. The SMILES string of the molecule is O=CC1(COCCS(=O)(=O)O)C=CC2=C(C=CC(C=O)(CON3C(=O)CCC3=O)C=C2)N=C1. The summed E-state index contributed by atoms with van der Waals surface area (Å²) in [5, 5.41) is 0.675. The maximum Gasteiger partial charge on any atom is 0.267 e. The summed E-state index contributed by atoms with van der Waals surface area (Å²) in [6.07, 6.45) is 12.1. The molecule has 0 aromatic carbocycles. The standard InChI is InChI=1S/C21H22N2O9S/c24-12-20(15-32-23-18(26)1-2-19(23)27)6-3-16-4-7-21(13-25,11-22-17(16)5-8-20)14-31-9-10-33(28,29)30/h3-8,11-13H,1-2,9-10,14-15H2,(H,28,29,30). The second-order valence-corrected chi connectivity index (χ2v) is 9.33. The zero-order valence-corrected chi connectivity index (χ0v) is 18.3. The lowest BCUT2D eigenvalue weighted by Crippen LogP contribution is -2.35. The van der Waals surface area contributed by atoms with Gasteiger partial charge in [0.15, 0.2) is 0 Å². The van der Waals surface area contributed by atoms with E-state index in [2.05, 4.69) is 4.99 Å². The van der Waals surface area contributed by atoms with Crippen LogP contribution in [0.5, 0.6) is 0 Å². The van der Waals surface area contributed by atoms with E-state index in [9.17, 15) is 27.6 Å². The minimum Gasteiger partial charge on any atom is -0.379 e. The maximum absolute atomic E-state index is 11.9. The monoisotopic (exact) mass is 478 g/mol. The summed E-state index contributed by atoms with van der Waals surface area (Å²) in [5.74, 6) is -1.53. The highest BCUT2D eigenvalue weighted by molar-refractivity contribution is 7.85. The number of allylic oxidation sites excluding steroid dienone is 4. The number of amides is 2. The third kappa shape index (κ3) is 6.05. The number of imide groups is 1. The fourth-order valence-electron chi connectivity index (χ4n) is 3.14. The normalized spacial score (nSPS) is 27.0. The molecule has 1 saturated heterocycles. The van der Waals surface area contributed by atoms with Crippen LogP contribution in [0.15, 0.2) is 52.7 Å². The van der Waals surface area contributed by atoms with Gasteiger partial charge in [-0.05, 0) is 11.6 Å².